The molecule has 1 aliphatic rings. The summed E-state index contributed by atoms with van der Waals surface area (Å²) in [5.74, 6) is 0.697. The zero-order valence-corrected chi connectivity index (χ0v) is 17.4. The van der Waals surface area contributed by atoms with Crippen molar-refractivity contribution in [1.29, 1.82) is 0 Å². The smallest absolute Gasteiger partial charge is 0.277 e. The standard InChI is InChI=1S/C22H27N5O2/c1-16-23-20-10-5-17(22(28)25(3)29-4)15-21(20)27(16)19-8-6-18(7-9-19)26-13-11-24(2)12-14-26/h5-10,15H,11-14H2,1-4H3. The molecule has 0 unspecified atom stereocenters. The Labute approximate surface area is 171 Å². The lowest BCUT2D eigenvalue weighted by molar-refractivity contribution is -0.0756. The van der Waals surface area contributed by atoms with Crippen LogP contribution in [0.15, 0.2) is 42.5 Å². The minimum Gasteiger partial charge on any atom is -0.369 e. The van der Waals surface area contributed by atoms with Crippen molar-refractivity contribution in [2.45, 2.75) is 6.92 Å². The highest BCUT2D eigenvalue weighted by atomic mass is 16.7. The Bertz CT molecular complexity index is 1020. The quantitative estimate of drug-likeness (QED) is 0.638. The lowest BCUT2D eigenvalue weighted by Crippen LogP contribution is -2.44. The van der Waals surface area contributed by atoms with E-state index in [9.17, 15) is 4.79 Å². The molecular formula is C22H27N5O2. The third kappa shape index (κ3) is 3.71. The number of nitrogens with zero attached hydrogens (tertiary/aromatic N) is 5. The monoisotopic (exact) mass is 393 g/mol. The van der Waals surface area contributed by atoms with Crippen LogP contribution in [0, 0.1) is 6.92 Å². The topological polar surface area (TPSA) is 53.8 Å². The van der Waals surface area contributed by atoms with E-state index in [1.807, 2.05) is 19.1 Å². The molecule has 3 aromatic rings. The summed E-state index contributed by atoms with van der Waals surface area (Å²) >= 11 is 0. The number of rotatable bonds is 4. The van der Waals surface area contributed by atoms with Crippen LogP contribution in [-0.4, -0.2) is 72.8 Å². The molecule has 0 N–H and O–H groups in total. The molecule has 2 heterocycles. The molecule has 0 saturated carbocycles. The van der Waals surface area contributed by atoms with E-state index < -0.39 is 0 Å². The average molecular weight is 393 g/mol. The van der Waals surface area contributed by atoms with E-state index in [1.165, 1.54) is 17.9 Å². The molecule has 29 heavy (non-hydrogen) atoms. The van der Waals surface area contributed by atoms with Crippen molar-refractivity contribution in [3.8, 4) is 5.69 Å². The van der Waals surface area contributed by atoms with Gasteiger partial charge in [-0.2, -0.15) is 0 Å². The first-order chi connectivity index (χ1) is 14.0. The number of amides is 1. The second-order valence-electron chi connectivity index (χ2n) is 7.49. The summed E-state index contributed by atoms with van der Waals surface area (Å²) in [6, 6.07) is 14.1. The van der Waals surface area contributed by atoms with Gasteiger partial charge in [-0.3, -0.25) is 14.2 Å². The number of piperazine rings is 1. The van der Waals surface area contributed by atoms with Crippen LogP contribution in [0.2, 0.25) is 0 Å². The largest absolute Gasteiger partial charge is 0.369 e. The van der Waals surface area contributed by atoms with Gasteiger partial charge >= 0.3 is 0 Å². The minimum absolute atomic E-state index is 0.190. The van der Waals surface area contributed by atoms with E-state index in [-0.39, 0.29) is 5.91 Å². The van der Waals surface area contributed by atoms with Crippen LogP contribution in [0.1, 0.15) is 16.2 Å². The Kier molecular flexibility index (Phi) is 5.25. The minimum atomic E-state index is -0.190. The Morgan fingerprint density at radius 2 is 1.69 bits per heavy atom. The summed E-state index contributed by atoms with van der Waals surface area (Å²) in [6.07, 6.45) is 0. The number of aromatic nitrogens is 2. The first-order valence-corrected chi connectivity index (χ1v) is 9.83. The van der Waals surface area contributed by atoms with Crippen molar-refractivity contribution in [3.05, 3.63) is 53.9 Å². The summed E-state index contributed by atoms with van der Waals surface area (Å²) < 4.78 is 2.09. The number of likely N-dealkylation sites (N-methyl/N-ethyl adjacent to an activating group) is 1. The number of fused-ring (bicyclic) bond motifs is 1. The number of carbonyl (C=O) groups is 1. The van der Waals surface area contributed by atoms with Gasteiger partial charge in [0.15, 0.2) is 0 Å². The van der Waals surface area contributed by atoms with Crippen LogP contribution in [0.5, 0.6) is 0 Å². The summed E-state index contributed by atoms with van der Waals surface area (Å²) in [4.78, 5) is 26.9. The molecule has 1 amide bonds. The highest BCUT2D eigenvalue weighted by Crippen LogP contribution is 2.25. The van der Waals surface area contributed by atoms with Crippen molar-refractivity contribution in [1.82, 2.24) is 19.5 Å². The van der Waals surface area contributed by atoms with Gasteiger partial charge in [-0.25, -0.2) is 10.0 Å². The molecular weight excluding hydrogens is 366 g/mol. The van der Waals surface area contributed by atoms with Gasteiger partial charge in [0, 0.05) is 50.2 Å². The fourth-order valence-corrected chi connectivity index (χ4v) is 3.80. The first-order valence-electron chi connectivity index (χ1n) is 9.83. The molecule has 0 aliphatic carbocycles. The lowest BCUT2D eigenvalue weighted by Gasteiger charge is -2.34. The number of hydroxylamine groups is 2. The zero-order chi connectivity index (χ0) is 20.5. The third-order valence-corrected chi connectivity index (χ3v) is 5.61. The molecule has 1 aliphatic heterocycles. The van der Waals surface area contributed by atoms with E-state index in [2.05, 4.69) is 50.7 Å². The zero-order valence-electron chi connectivity index (χ0n) is 17.4. The van der Waals surface area contributed by atoms with Gasteiger partial charge in [-0.05, 0) is 56.4 Å². The number of aryl methyl sites for hydroxylation is 1. The SMILES string of the molecule is CON(C)C(=O)c1ccc2nc(C)n(-c3ccc(N4CCN(C)CC4)cc3)c2c1. The van der Waals surface area contributed by atoms with E-state index in [0.29, 0.717) is 5.56 Å². The van der Waals surface area contributed by atoms with Crippen molar-refractivity contribution >= 4 is 22.6 Å². The predicted octanol–water partition coefficient (Wildman–Crippen LogP) is 2.72. The van der Waals surface area contributed by atoms with Crippen LogP contribution < -0.4 is 4.90 Å². The molecule has 1 fully saturated rings. The van der Waals surface area contributed by atoms with Gasteiger partial charge < -0.3 is 9.80 Å². The van der Waals surface area contributed by atoms with Crippen LogP contribution in [0.4, 0.5) is 5.69 Å². The first kappa shape index (κ1) is 19.4. The van der Waals surface area contributed by atoms with E-state index in [1.54, 1.807) is 13.1 Å². The number of hydrogen-bond acceptors (Lipinski definition) is 5. The summed E-state index contributed by atoms with van der Waals surface area (Å²) in [5.41, 5.74) is 4.61. The molecule has 152 valence electrons. The Morgan fingerprint density at radius 1 is 1.03 bits per heavy atom. The molecule has 7 heteroatoms. The van der Waals surface area contributed by atoms with Crippen molar-refractivity contribution in [3.63, 3.8) is 0 Å². The molecule has 1 aromatic heterocycles. The second kappa shape index (κ2) is 7.85. The van der Waals surface area contributed by atoms with Crippen molar-refractivity contribution in [2.75, 3.05) is 52.3 Å². The van der Waals surface area contributed by atoms with Crippen molar-refractivity contribution < 1.29 is 9.63 Å². The van der Waals surface area contributed by atoms with Gasteiger partial charge in [-0.15, -0.1) is 0 Å². The predicted molar refractivity (Wildman–Crippen MR) is 115 cm³/mol. The Morgan fingerprint density at radius 3 is 2.34 bits per heavy atom. The van der Waals surface area contributed by atoms with E-state index in [0.717, 1.165) is 48.7 Å². The third-order valence-electron chi connectivity index (χ3n) is 5.61. The average Bonchev–Trinajstić information content (AvgIpc) is 3.08. The molecule has 1 saturated heterocycles. The Hall–Kier alpha value is -2.90. The van der Waals surface area contributed by atoms with Gasteiger partial charge in [0.05, 0.1) is 18.1 Å². The molecule has 0 radical (unpaired) electrons. The maximum absolute atomic E-state index is 12.5. The number of imidazole rings is 1. The molecule has 0 atom stereocenters. The lowest BCUT2D eigenvalue weighted by atomic mass is 10.1. The fourth-order valence-electron chi connectivity index (χ4n) is 3.80. The van der Waals surface area contributed by atoms with E-state index in [4.69, 9.17) is 4.84 Å². The van der Waals surface area contributed by atoms with Gasteiger partial charge in [0.25, 0.3) is 5.91 Å². The highest BCUT2D eigenvalue weighted by Gasteiger charge is 2.17. The van der Waals surface area contributed by atoms with Crippen molar-refractivity contribution in [2.24, 2.45) is 0 Å². The fraction of sp³-hybridized carbons (Fsp3) is 0.364. The maximum atomic E-state index is 12.5. The molecule has 0 bridgehead atoms. The Balaban J connectivity index is 1.68. The van der Waals surface area contributed by atoms with Crippen LogP contribution in [0.25, 0.3) is 16.7 Å². The molecule has 0 spiro atoms. The van der Waals surface area contributed by atoms with Crippen LogP contribution >= 0.6 is 0 Å². The second-order valence-corrected chi connectivity index (χ2v) is 7.49. The normalized spacial score (nSPS) is 15.1. The van der Waals surface area contributed by atoms with Crippen LogP contribution in [0.3, 0.4) is 0 Å². The van der Waals surface area contributed by atoms with Gasteiger partial charge in [0.1, 0.15) is 5.82 Å². The highest BCUT2D eigenvalue weighted by molar-refractivity contribution is 5.97. The van der Waals surface area contributed by atoms with E-state index >= 15 is 0 Å². The molecule has 4 rings (SSSR count). The van der Waals surface area contributed by atoms with Gasteiger partial charge in [-0.1, -0.05) is 0 Å². The van der Waals surface area contributed by atoms with Gasteiger partial charge in [0.2, 0.25) is 0 Å². The molecule has 2 aromatic carbocycles. The van der Waals surface area contributed by atoms with Crippen LogP contribution in [-0.2, 0) is 4.84 Å². The number of carbonyl (C=O) groups excluding carboxylic acids is 1. The molecule has 7 nitrogen and oxygen atoms in total. The summed E-state index contributed by atoms with van der Waals surface area (Å²) in [6.45, 7) is 6.24. The number of benzene rings is 2. The number of anilines is 1. The summed E-state index contributed by atoms with van der Waals surface area (Å²) in [7, 11) is 5.25. The maximum Gasteiger partial charge on any atom is 0.277 e. The summed E-state index contributed by atoms with van der Waals surface area (Å²) in [5, 5.41) is 1.22. The number of hydrogen-bond donors (Lipinski definition) is 0.